The summed E-state index contributed by atoms with van der Waals surface area (Å²) in [6, 6.07) is 9.90. The van der Waals surface area contributed by atoms with Crippen LogP contribution in [0.15, 0.2) is 36.4 Å². The van der Waals surface area contributed by atoms with Gasteiger partial charge < -0.3 is 15.4 Å². The fraction of sp³-hybridized carbons (Fsp3) is 0.278. The fourth-order valence-corrected chi connectivity index (χ4v) is 2.34. The Morgan fingerprint density at radius 2 is 1.92 bits per heavy atom. The number of ether oxygens (including phenoxy) is 1. The lowest BCUT2D eigenvalue weighted by Gasteiger charge is -2.13. The van der Waals surface area contributed by atoms with Gasteiger partial charge in [0.2, 0.25) is 0 Å². The molecule has 0 unspecified atom stereocenters. The third kappa shape index (κ3) is 4.77. The second kappa shape index (κ2) is 8.25. The van der Waals surface area contributed by atoms with Crippen molar-refractivity contribution in [3.8, 4) is 0 Å². The van der Waals surface area contributed by atoms with Gasteiger partial charge in [0.25, 0.3) is 11.6 Å². The summed E-state index contributed by atoms with van der Waals surface area (Å²) >= 11 is 0. The van der Waals surface area contributed by atoms with Crippen LogP contribution in [0.1, 0.15) is 21.5 Å². The minimum absolute atomic E-state index is 0.136. The van der Waals surface area contributed by atoms with E-state index >= 15 is 0 Å². The Kier molecular flexibility index (Phi) is 6.08. The van der Waals surface area contributed by atoms with Gasteiger partial charge in [-0.3, -0.25) is 14.9 Å². The Bertz CT molecular complexity index is 790. The van der Waals surface area contributed by atoms with Gasteiger partial charge in [0.15, 0.2) is 0 Å². The lowest BCUT2D eigenvalue weighted by Crippen LogP contribution is -2.17. The number of rotatable bonds is 7. The van der Waals surface area contributed by atoms with Gasteiger partial charge in [-0.25, -0.2) is 0 Å². The third-order valence-electron chi connectivity index (χ3n) is 3.72. The molecule has 7 heteroatoms. The highest BCUT2D eigenvalue weighted by Gasteiger charge is 2.17. The van der Waals surface area contributed by atoms with Gasteiger partial charge in [-0.2, -0.15) is 0 Å². The maximum absolute atomic E-state index is 12.7. The van der Waals surface area contributed by atoms with Gasteiger partial charge in [0.1, 0.15) is 0 Å². The van der Waals surface area contributed by atoms with Crippen LogP contribution >= 0.6 is 0 Å². The van der Waals surface area contributed by atoms with Crippen LogP contribution in [0, 0.1) is 24.0 Å². The molecule has 2 aromatic carbocycles. The summed E-state index contributed by atoms with van der Waals surface area (Å²) in [6.07, 6.45) is 0. The van der Waals surface area contributed by atoms with Gasteiger partial charge in [-0.15, -0.1) is 0 Å². The van der Waals surface area contributed by atoms with Crippen LogP contribution in [0.2, 0.25) is 0 Å². The zero-order valence-corrected chi connectivity index (χ0v) is 14.5. The van der Waals surface area contributed by atoms with Crippen molar-refractivity contribution in [1.82, 2.24) is 0 Å². The van der Waals surface area contributed by atoms with Crippen molar-refractivity contribution in [1.29, 1.82) is 0 Å². The summed E-state index contributed by atoms with van der Waals surface area (Å²) in [5, 5.41) is 16.9. The number of benzene rings is 2. The van der Waals surface area contributed by atoms with E-state index in [9.17, 15) is 14.9 Å². The maximum atomic E-state index is 12.7. The normalized spacial score (nSPS) is 10.4. The molecule has 2 aromatic rings. The quantitative estimate of drug-likeness (QED) is 0.456. The summed E-state index contributed by atoms with van der Waals surface area (Å²) < 4.78 is 4.98. The number of carbonyl (C=O) groups excluding carboxylic acids is 1. The third-order valence-corrected chi connectivity index (χ3v) is 3.72. The van der Waals surface area contributed by atoms with Crippen LogP contribution in [-0.2, 0) is 4.74 Å². The van der Waals surface area contributed by atoms with Crippen molar-refractivity contribution < 1.29 is 14.5 Å². The minimum Gasteiger partial charge on any atom is -0.383 e. The predicted molar refractivity (Wildman–Crippen MR) is 97.3 cm³/mol. The molecule has 0 heterocycles. The number of nitro groups is 1. The summed E-state index contributed by atoms with van der Waals surface area (Å²) in [7, 11) is 1.58. The summed E-state index contributed by atoms with van der Waals surface area (Å²) in [5.74, 6) is -0.405. The molecule has 25 heavy (non-hydrogen) atoms. The maximum Gasteiger partial charge on any atom is 0.270 e. The van der Waals surface area contributed by atoms with E-state index in [1.807, 2.05) is 32.0 Å². The van der Waals surface area contributed by atoms with Crippen LogP contribution in [0.5, 0.6) is 0 Å². The molecule has 0 aliphatic carbocycles. The van der Waals surface area contributed by atoms with Crippen LogP contribution in [-0.4, -0.2) is 31.1 Å². The van der Waals surface area contributed by atoms with Crippen LogP contribution in [0.3, 0.4) is 0 Å². The first-order valence-electron chi connectivity index (χ1n) is 7.82. The SMILES string of the molecule is COCCNc1ccc([N+](=O)[O-])cc1C(=O)Nc1cc(C)ccc1C. The highest BCUT2D eigenvalue weighted by molar-refractivity contribution is 6.08. The first-order valence-corrected chi connectivity index (χ1v) is 7.82. The van der Waals surface area contributed by atoms with Crippen LogP contribution in [0.4, 0.5) is 17.1 Å². The first kappa shape index (κ1) is 18.4. The average molecular weight is 343 g/mol. The molecule has 132 valence electrons. The summed E-state index contributed by atoms with van der Waals surface area (Å²) in [4.78, 5) is 23.2. The minimum atomic E-state index is -0.520. The number of nitrogens with zero attached hydrogens (tertiary/aromatic N) is 1. The number of amides is 1. The van der Waals surface area contributed by atoms with Gasteiger partial charge in [-0.1, -0.05) is 12.1 Å². The molecule has 0 aliphatic heterocycles. The topological polar surface area (TPSA) is 93.5 Å². The number of carbonyl (C=O) groups is 1. The summed E-state index contributed by atoms with van der Waals surface area (Å²) in [5.41, 5.74) is 3.20. The molecular formula is C18H21N3O4. The predicted octanol–water partition coefficient (Wildman–Crippen LogP) is 3.52. The van der Waals surface area contributed by atoms with E-state index in [0.29, 0.717) is 24.5 Å². The van der Waals surface area contributed by atoms with Gasteiger partial charge >= 0.3 is 0 Å². The lowest BCUT2D eigenvalue weighted by atomic mass is 10.1. The Hall–Kier alpha value is -2.93. The van der Waals surface area contributed by atoms with Gasteiger partial charge in [0, 0.05) is 37.2 Å². The van der Waals surface area contributed by atoms with E-state index in [-0.39, 0.29) is 11.3 Å². The molecule has 7 nitrogen and oxygen atoms in total. The first-order chi connectivity index (χ1) is 11.9. The van der Waals surface area contributed by atoms with Crippen molar-refractivity contribution in [3.63, 3.8) is 0 Å². The largest absolute Gasteiger partial charge is 0.383 e. The number of non-ortho nitro benzene ring substituents is 1. The van der Waals surface area contributed by atoms with Crippen molar-refractivity contribution >= 4 is 23.0 Å². The number of anilines is 2. The van der Waals surface area contributed by atoms with E-state index in [1.54, 1.807) is 7.11 Å². The molecule has 0 saturated heterocycles. The molecule has 0 atom stereocenters. The van der Waals surface area contributed by atoms with Gasteiger partial charge in [0.05, 0.1) is 17.1 Å². The molecule has 0 radical (unpaired) electrons. The number of nitrogens with one attached hydrogen (secondary N) is 2. The number of methoxy groups -OCH3 is 1. The smallest absolute Gasteiger partial charge is 0.270 e. The number of aryl methyl sites for hydroxylation is 2. The molecule has 2 rings (SSSR count). The molecule has 0 aromatic heterocycles. The van der Waals surface area contributed by atoms with E-state index in [4.69, 9.17) is 4.74 Å². The van der Waals surface area contributed by atoms with Crippen LogP contribution < -0.4 is 10.6 Å². The van der Waals surface area contributed by atoms with Gasteiger partial charge in [-0.05, 0) is 37.1 Å². The van der Waals surface area contributed by atoms with Crippen LogP contribution in [0.25, 0.3) is 0 Å². The van der Waals surface area contributed by atoms with E-state index in [2.05, 4.69) is 10.6 Å². The molecule has 0 aliphatic rings. The van der Waals surface area contributed by atoms with Crippen molar-refractivity contribution in [2.24, 2.45) is 0 Å². The number of hydrogen-bond acceptors (Lipinski definition) is 5. The molecule has 0 saturated carbocycles. The Balaban J connectivity index is 2.32. The molecule has 2 N–H and O–H groups in total. The number of hydrogen-bond donors (Lipinski definition) is 2. The summed E-state index contributed by atoms with van der Waals surface area (Å²) in [6.45, 7) is 4.76. The second-order valence-corrected chi connectivity index (χ2v) is 5.68. The zero-order valence-electron chi connectivity index (χ0n) is 14.5. The molecule has 0 bridgehead atoms. The van der Waals surface area contributed by atoms with E-state index in [0.717, 1.165) is 11.1 Å². The molecule has 1 amide bonds. The molecule has 0 spiro atoms. The number of nitro benzene ring substituents is 1. The lowest BCUT2D eigenvalue weighted by molar-refractivity contribution is -0.384. The monoisotopic (exact) mass is 343 g/mol. The Morgan fingerprint density at radius 3 is 2.60 bits per heavy atom. The molecule has 0 fully saturated rings. The van der Waals surface area contributed by atoms with E-state index < -0.39 is 10.8 Å². The highest BCUT2D eigenvalue weighted by Crippen LogP contribution is 2.24. The van der Waals surface area contributed by atoms with Crippen molar-refractivity contribution in [2.75, 3.05) is 30.9 Å². The Labute approximate surface area is 146 Å². The second-order valence-electron chi connectivity index (χ2n) is 5.68. The van der Waals surface area contributed by atoms with E-state index in [1.165, 1.54) is 18.2 Å². The van der Waals surface area contributed by atoms with Crippen molar-refractivity contribution in [2.45, 2.75) is 13.8 Å². The standard InChI is InChI=1S/C18H21N3O4/c1-12-4-5-13(2)17(10-12)20-18(22)15-11-14(21(23)24)6-7-16(15)19-8-9-25-3/h4-7,10-11,19H,8-9H2,1-3H3,(H,20,22). The zero-order chi connectivity index (χ0) is 18.4. The highest BCUT2D eigenvalue weighted by atomic mass is 16.6. The molecular weight excluding hydrogens is 322 g/mol. The average Bonchev–Trinajstić information content (AvgIpc) is 2.58. The van der Waals surface area contributed by atoms with Crippen molar-refractivity contribution in [3.05, 3.63) is 63.2 Å². The fourth-order valence-electron chi connectivity index (χ4n) is 2.34. The Morgan fingerprint density at radius 1 is 1.16 bits per heavy atom.